The number of nitrogens with one attached hydrogen (secondary N) is 1. The Balaban J connectivity index is 1.65. The lowest BCUT2D eigenvalue weighted by Gasteiger charge is -2.29. The molecule has 0 saturated heterocycles. The highest BCUT2D eigenvalue weighted by Crippen LogP contribution is 2.14. The molecule has 0 aromatic heterocycles. The van der Waals surface area contributed by atoms with Crippen LogP contribution in [-0.2, 0) is 21.0 Å². The van der Waals surface area contributed by atoms with Gasteiger partial charge in [0.1, 0.15) is 12.9 Å². The van der Waals surface area contributed by atoms with Crippen LogP contribution in [0.2, 0.25) is 0 Å². The van der Waals surface area contributed by atoms with Crippen molar-refractivity contribution in [2.24, 2.45) is 0 Å². The highest BCUT2D eigenvalue weighted by Gasteiger charge is 2.22. The van der Waals surface area contributed by atoms with Gasteiger partial charge in [-0.25, -0.2) is 0 Å². The molecule has 28 heavy (non-hydrogen) atoms. The lowest BCUT2D eigenvalue weighted by molar-refractivity contribution is -0.221. The summed E-state index contributed by atoms with van der Waals surface area (Å²) in [7, 11) is 1.81. The third kappa shape index (κ3) is 5.20. The Morgan fingerprint density at radius 3 is 2.39 bits per heavy atom. The Labute approximate surface area is 164 Å². The standard InChI is InChI=1S/C22H24N2O4/c1-24(22(26)18-10-6-3-7-11-18)20(14-17-8-4-2-5-9-17)12-13-23-21(25)19-15-27-28-16-19/h2-11,15,20H,12-14,16H2,1H3,(H,23,25). The maximum atomic E-state index is 12.9. The summed E-state index contributed by atoms with van der Waals surface area (Å²) in [5.41, 5.74) is 2.25. The maximum Gasteiger partial charge on any atom is 0.253 e. The van der Waals surface area contributed by atoms with E-state index in [0.29, 0.717) is 30.5 Å². The normalized spacial score (nSPS) is 14.0. The van der Waals surface area contributed by atoms with Crippen LogP contribution in [0.25, 0.3) is 0 Å². The molecule has 0 spiro atoms. The van der Waals surface area contributed by atoms with Gasteiger partial charge in [-0.1, -0.05) is 48.5 Å². The van der Waals surface area contributed by atoms with Crippen LogP contribution < -0.4 is 5.32 Å². The van der Waals surface area contributed by atoms with E-state index in [1.54, 1.807) is 4.90 Å². The van der Waals surface area contributed by atoms with E-state index in [0.717, 1.165) is 5.56 Å². The number of benzene rings is 2. The van der Waals surface area contributed by atoms with Gasteiger partial charge in [0.15, 0.2) is 0 Å². The van der Waals surface area contributed by atoms with Gasteiger partial charge in [-0.3, -0.25) is 9.59 Å². The van der Waals surface area contributed by atoms with Crippen molar-refractivity contribution in [3.8, 4) is 0 Å². The van der Waals surface area contributed by atoms with Crippen molar-refractivity contribution in [3.05, 3.63) is 83.6 Å². The van der Waals surface area contributed by atoms with E-state index in [-0.39, 0.29) is 24.5 Å². The minimum absolute atomic E-state index is 0.0341. The van der Waals surface area contributed by atoms with Crippen molar-refractivity contribution >= 4 is 11.8 Å². The quantitative estimate of drug-likeness (QED) is 0.715. The van der Waals surface area contributed by atoms with Crippen molar-refractivity contribution in [2.75, 3.05) is 20.2 Å². The highest BCUT2D eigenvalue weighted by atomic mass is 17.2. The summed E-state index contributed by atoms with van der Waals surface area (Å²) in [5, 5.41) is 2.87. The molecule has 0 saturated carbocycles. The van der Waals surface area contributed by atoms with Crippen LogP contribution in [0.1, 0.15) is 22.3 Å². The van der Waals surface area contributed by atoms with Crippen LogP contribution in [-0.4, -0.2) is 43.0 Å². The molecule has 2 aromatic rings. The van der Waals surface area contributed by atoms with Gasteiger partial charge >= 0.3 is 0 Å². The van der Waals surface area contributed by atoms with Crippen LogP contribution in [0.4, 0.5) is 0 Å². The number of likely N-dealkylation sites (N-methyl/N-ethyl adjacent to an activating group) is 1. The van der Waals surface area contributed by atoms with Crippen molar-refractivity contribution < 1.29 is 19.4 Å². The van der Waals surface area contributed by atoms with Gasteiger partial charge in [0.2, 0.25) is 0 Å². The van der Waals surface area contributed by atoms with Gasteiger partial charge in [0.25, 0.3) is 11.8 Å². The minimum Gasteiger partial charge on any atom is -0.352 e. The molecule has 6 nitrogen and oxygen atoms in total. The first kappa shape index (κ1) is 19.6. The van der Waals surface area contributed by atoms with Crippen LogP contribution in [0.15, 0.2) is 72.5 Å². The van der Waals surface area contributed by atoms with Gasteiger partial charge in [-0.2, -0.15) is 4.89 Å². The molecule has 1 N–H and O–H groups in total. The average molecular weight is 380 g/mol. The SMILES string of the molecule is CN(C(=O)c1ccccc1)C(CCNC(=O)C1=COOC1)Cc1ccccc1. The lowest BCUT2D eigenvalue weighted by atomic mass is 10.0. The zero-order valence-corrected chi connectivity index (χ0v) is 15.8. The van der Waals surface area contributed by atoms with Crippen LogP contribution in [0, 0.1) is 0 Å². The molecule has 1 aliphatic heterocycles. The number of carbonyl (C=O) groups is 2. The first-order valence-corrected chi connectivity index (χ1v) is 9.27. The summed E-state index contributed by atoms with van der Waals surface area (Å²) in [6.45, 7) is 0.589. The van der Waals surface area contributed by atoms with Gasteiger partial charge in [0, 0.05) is 25.2 Å². The largest absolute Gasteiger partial charge is 0.352 e. The third-order valence-electron chi connectivity index (χ3n) is 4.73. The fourth-order valence-corrected chi connectivity index (χ4v) is 3.08. The molecule has 2 amide bonds. The number of amides is 2. The van der Waals surface area contributed by atoms with Gasteiger partial charge in [0.05, 0.1) is 5.57 Å². The summed E-state index contributed by atoms with van der Waals surface area (Å²) in [6, 6.07) is 19.2. The van der Waals surface area contributed by atoms with E-state index < -0.39 is 0 Å². The van der Waals surface area contributed by atoms with Crippen LogP contribution in [0.3, 0.4) is 0 Å². The first-order valence-electron chi connectivity index (χ1n) is 9.27. The van der Waals surface area contributed by atoms with Crippen molar-refractivity contribution in [2.45, 2.75) is 18.9 Å². The van der Waals surface area contributed by atoms with Crippen molar-refractivity contribution in [1.82, 2.24) is 10.2 Å². The Morgan fingerprint density at radius 2 is 1.75 bits per heavy atom. The predicted molar refractivity (Wildman–Crippen MR) is 105 cm³/mol. The molecular formula is C22H24N2O4. The molecule has 0 aliphatic carbocycles. The van der Waals surface area contributed by atoms with E-state index in [9.17, 15) is 9.59 Å². The number of hydrogen-bond donors (Lipinski definition) is 1. The maximum absolute atomic E-state index is 12.9. The second kappa shape index (κ2) is 9.71. The first-order chi connectivity index (χ1) is 13.6. The molecule has 3 rings (SSSR count). The Hall–Kier alpha value is -3.12. The molecule has 146 valence electrons. The summed E-state index contributed by atoms with van der Waals surface area (Å²) >= 11 is 0. The van der Waals surface area contributed by atoms with Gasteiger partial charge in [-0.15, -0.1) is 0 Å². The Kier molecular flexibility index (Phi) is 6.81. The van der Waals surface area contributed by atoms with Gasteiger partial charge < -0.3 is 15.1 Å². The average Bonchev–Trinajstić information content (AvgIpc) is 3.28. The highest BCUT2D eigenvalue weighted by molar-refractivity contribution is 5.94. The molecule has 0 bridgehead atoms. The second-order valence-electron chi connectivity index (χ2n) is 6.67. The summed E-state index contributed by atoms with van der Waals surface area (Å²) in [5.74, 6) is -0.249. The molecule has 1 aliphatic rings. The molecule has 0 fully saturated rings. The lowest BCUT2D eigenvalue weighted by Crippen LogP contribution is -2.41. The third-order valence-corrected chi connectivity index (χ3v) is 4.73. The number of rotatable bonds is 8. The van der Waals surface area contributed by atoms with E-state index in [2.05, 4.69) is 10.2 Å². The molecular weight excluding hydrogens is 356 g/mol. The number of hydrogen-bond acceptors (Lipinski definition) is 4. The Morgan fingerprint density at radius 1 is 1.07 bits per heavy atom. The molecule has 2 aromatic carbocycles. The topological polar surface area (TPSA) is 67.9 Å². The minimum atomic E-state index is -0.215. The fourth-order valence-electron chi connectivity index (χ4n) is 3.08. The molecule has 6 heteroatoms. The molecule has 1 unspecified atom stereocenters. The van der Waals surface area contributed by atoms with E-state index in [1.807, 2.05) is 67.7 Å². The molecule has 1 atom stereocenters. The van der Waals surface area contributed by atoms with Crippen LogP contribution >= 0.6 is 0 Å². The molecule has 1 heterocycles. The smallest absolute Gasteiger partial charge is 0.253 e. The van der Waals surface area contributed by atoms with Crippen molar-refractivity contribution in [3.63, 3.8) is 0 Å². The fraction of sp³-hybridized carbons (Fsp3) is 0.273. The van der Waals surface area contributed by atoms with Crippen molar-refractivity contribution in [1.29, 1.82) is 0 Å². The predicted octanol–water partition coefficient (Wildman–Crippen LogP) is 2.72. The Bertz CT molecular complexity index is 821. The second-order valence-corrected chi connectivity index (χ2v) is 6.67. The zero-order chi connectivity index (χ0) is 19.8. The summed E-state index contributed by atoms with van der Waals surface area (Å²) < 4.78 is 0. The van der Waals surface area contributed by atoms with Crippen LogP contribution in [0.5, 0.6) is 0 Å². The van der Waals surface area contributed by atoms with Gasteiger partial charge in [-0.05, 0) is 30.5 Å². The monoisotopic (exact) mass is 380 g/mol. The van der Waals surface area contributed by atoms with E-state index >= 15 is 0 Å². The number of carbonyl (C=O) groups excluding carboxylic acids is 2. The van der Waals surface area contributed by atoms with E-state index in [1.165, 1.54) is 6.26 Å². The summed E-state index contributed by atoms with van der Waals surface area (Å²) in [4.78, 5) is 36.1. The summed E-state index contributed by atoms with van der Waals surface area (Å²) in [6.07, 6.45) is 2.65. The number of nitrogens with zero attached hydrogens (tertiary/aromatic N) is 1. The zero-order valence-electron chi connectivity index (χ0n) is 15.8. The molecule has 0 radical (unpaired) electrons. The van der Waals surface area contributed by atoms with E-state index in [4.69, 9.17) is 4.89 Å².